The van der Waals surface area contributed by atoms with E-state index in [0.717, 1.165) is 24.3 Å². The molecule has 0 fully saturated rings. The van der Waals surface area contributed by atoms with E-state index in [9.17, 15) is 4.79 Å². The second-order valence-corrected chi connectivity index (χ2v) is 5.09. The third-order valence-corrected chi connectivity index (χ3v) is 3.71. The Bertz CT molecular complexity index is 465. The van der Waals surface area contributed by atoms with Crippen molar-refractivity contribution in [3.8, 4) is 11.5 Å². The van der Waals surface area contributed by atoms with E-state index in [4.69, 9.17) is 15.2 Å². The molecular weight excluding hydrogens is 256 g/mol. The fourth-order valence-corrected chi connectivity index (χ4v) is 2.56. The van der Waals surface area contributed by atoms with Gasteiger partial charge in [0.1, 0.15) is 0 Å². The molecule has 0 bridgehead atoms. The minimum absolute atomic E-state index is 0.0109. The van der Waals surface area contributed by atoms with Gasteiger partial charge in [0.15, 0.2) is 11.5 Å². The number of hydrogen-bond donors (Lipinski definition) is 1. The molecule has 0 spiro atoms. The Hall–Kier alpha value is -1.75. The fourth-order valence-electron chi connectivity index (χ4n) is 2.56. The van der Waals surface area contributed by atoms with Gasteiger partial charge >= 0.3 is 0 Å². The lowest BCUT2D eigenvalue weighted by molar-refractivity contribution is -0.132. The molecule has 1 aromatic carbocycles. The molecule has 1 aromatic rings. The predicted octanol–water partition coefficient (Wildman–Crippen LogP) is 0.978. The maximum atomic E-state index is 12.0. The van der Waals surface area contributed by atoms with Crippen molar-refractivity contribution in [1.82, 2.24) is 4.90 Å². The van der Waals surface area contributed by atoms with Crippen LogP contribution in [0.3, 0.4) is 0 Å². The monoisotopic (exact) mass is 278 g/mol. The number of nitrogens with zero attached hydrogens (tertiary/aromatic N) is 1. The van der Waals surface area contributed by atoms with Crippen LogP contribution < -0.4 is 15.2 Å². The van der Waals surface area contributed by atoms with Crippen LogP contribution in [-0.2, 0) is 17.6 Å². The molecule has 1 aliphatic rings. The summed E-state index contributed by atoms with van der Waals surface area (Å²) < 4.78 is 10.7. The van der Waals surface area contributed by atoms with Gasteiger partial charge in [0, 0.05) is 13.1 Å². The third kappa shape index (κ3) is 2.88. The Morgan fingerprint density at radius 3 is 1.95 bits per heavy atom. The van der Waals surface area contributed by atoms with Crippen molar-refractivity contribution in [2.24, 2.45) is 5.73 Å². The Balaban J connectivity index is 2.23. The highest BCUT2D eigenvalue weighted by molar-refractivity contribution is 5.81. The molecule has 0 aromatic heterocycles. The zero-order valence-corrected chi connectivity index (χ0v) is 12.3. The first-order valence-corrected chi connectivity index (χ1v) is 6.85. The highest BCUT2D eigenvalue weighted by Gasteiger charge is 2.22. The zero-order valence-electron chi connectivity index (χ0n) is 12.3. The molecule has 0 aliphatic carbocycles. The molecule has 110 valence electrons. The number of carbonyl (C=O) groups is 1. The Kier molecular flexibility index (Phi) is 4.49. The standard InChI is InChI=1S/C15H22N2O3/c1-10(16)15(18)17-6-4-11-8-13(19-2)14(20-3)9-12(11)5-7-17/h8-10H,4-7,16H2,1-3H3/t10-/m1/s1. The van der Waals surface area contributed by atoms with Crippen molar-refractivity contribution in [1.29, 1.82) is 0 Å². The van der Waals surface area contributed by atoms with Gasteiger partial charge in [0.05, 0.1) is 20.3 Å². The summed E-state index contributed by atoms with van der Waals surface area (Å²) in [5, 5.41) is 0. The molecule has 0 saturated heterocycles. The highest BCUT2D eigenvalue weighted by atomic mass is 16.5. The largest absolute Gasteiger partial charge is 0.493 e. The fraction of sp³-hybridized carbons (Fsp3) is 0.533. The molecule has 0 unspecified atom stereocenters. The molecular formula is C15H22N2O3. The van der Waals surface area contributed by atoms with Gasteiger partial charge < -0.3 is 20.1 Å². The number of fused-ring (bicyclic) bond motifs is 1. The molecule has 2 rings (SSSR count). The number of benzene rings is 1. The van der Waals surface area contributed by atoms with E-state index in [0.29, 0.717) is 13.1 Å². The van der Waals surface area contributed by atoms with Crippen LogP contribution in [0.4, 0.5) is 0 Å². The first-order chi connectivity index (χ1) is 9.56. The average molecular weight is 278 g/mol. The normalized spacial score (nSPS) is 16.1. The van der Waals surface area contributed by atoms with Crippen LogP contribution in [0.5, 0.6) is 11.5 Å². The lowest BCUT2D eigenvalue weighted by atomic mass is 10.0. The number of nitrogens with two attached hydrogens (primary N) is 1. The van der Waals surface area contributed by atoms with Crippen molar-refractivity contribution in [2.75, 3.05) is 27.3 Å². The second-order valence-electron chi connectivity index (χ2n) is 5.09. The van der Waals surface area contributed by atoms with E-state index in [1.54, 1.807) is 21.1 Å². The van der Waals surface area contributed by atoms with E-state index in [2.05, 4.69) is 0 Å². The Morgan fingerprint density at radius 1 is 1.15 bits per heavy atom. The molecule has 1 aliphatic heterocycles. The minimum atomic E-state index is -0.444. The smallest absolute Gasteiger partial charge is 0.239 e. The predicted molar refractivity (Wildman–Crippen MR) is 77.2 cm³/mol. The third-order valence-electron chi connectivity index (χ3n) is 3.71. The molecule has 2 N–H and O–H groups in total. The molecule has 0 saturated carbocycles. The number of carbonyl (C=O) groups excluding carboxylic acids is 1. The van der Waals surface area contributed by atoms with Gasteiger partial charge in [-0.05, 0) is 43.0 Å². The van der Waals surface area contributed by atoms with Crippen molar-refractivity contribution < 1.29 is 14.3 Å². The van der Waals surface area contributed by atoms with E-state index < -0.39 is 6.04 Å². The number of rotatable bonds is 3. The van der Waals surface area contributed by atoms with E-state index in [-0.39, 0.29) is 5.91 Å². The maximum absolute atomic E-state index is 12.0. The molecule has 1 heterocycles. The van der Waals surface area contributed by atoms with Crippen LogP contribution in [0.15, 0.2) is 12.1 Å². The zero-order chi connectivity index (χ0) is 14.7. The maximum Gasteiger partial charge on any atom is 0.239 e. The van der Waals surface area contributed by atoms with Gasteiger partial charge in [-0.1, -0.05) is 0 Å². The number of amides is 1. The summed E-state index contributed by atoms with van der Waals surface area (Å²) in [6.07, 6.45) is 1.63. The summed E-state index contributed by atoms with van der Waals surface area (Å²) >= 11 is 0. The molecule has 20 heavy (non-hydrogen) atoms. The second kappa shape index (κ2) is 6.13. The Morgan fingerprint density at radius 2 is 1.60 bits per heavy atom. The summed E-state index contributed by atoms with van der Waals surface area (Å²) in [7, 11) is 3.26. The van der Waals surface area contributed by atoms with Gasteiger partial charge in [-0.15, -0.1) is 0 Å². The van der Waals surface area contributed by atoms with Crippen LogP contribution in [0.25, 0.3) is 0 Å². The summed E-state index contributed by atoms with van der Waals surface area (Å²) in [5.41, 5.74) is 8.10. The van der Waals surface area contributed by atoms with Crippen LogP contribution >= 0.6 is 0 Å². The van der Waals surface area contributed by atoms with Crippen LogP contribution in [-0.4, -0.2) is 44.2 Å². The van der Waals surface area contributed by atoms with Gasteiger partial charge in [0.2, 0.25) is 5.91 Å². The number of hydrogen-bond acceptors (Lipinski definition) is 4. The molecule has 1 amide bonds. The summed E-state index contributed by atoms with van der Waals surface area (Å²) in [6, 6.07) is 3.57. The summed E-state index contributed by atoms with van der Waals surface area (Å²) in [4.78, 5) is 13.8. The van der Waals surface area contributed by atoms with Crippen molar-refractivity contribution in [3.63, 3.8) is 0 Å². The van der Waals surface area contributed by atoms with E-state index >= 15 is 0 Å². The van der Waals surface area contributed by atoms with Crippen molar-refractivity contribution in [2.45, 2.75) is 25.8 Å². The Labute approximate surface area is 119 Å². The van der Waals surface area contributed by atoms with Crippen LogP contribution in [0, 0.1) is 0 Å². The number of methoxy groups -OCH3 is 2. The van der Waals surface area contributed by atoms with Gasteiger partial charge in [-0.3, -0.25) is 4.79 Å². The quantitative estimate of drug-likeness (QED) is 0.895. The van der Waals surface area contributed by atoms with Gasteiger partial charge in [-0.2, -0.15) is 0 Å². The van der Waals surface area contributed by atoms with Crippen molar-refractivity contribution in [3.05, 3.63) is 23.3 Å². The average Bonchev–Trinajstić information content (AvgIpc) is 2.66. The SMILES string of the molecule is COc1cc2c(cc1OC)CCN(C(=O)[C@@H](C)N)CC2. The van der Waals surface area contributed by atoms with E-state index in [1.165, 1.54) is 11.1 Å². The molecule has 0 radical (unpaired) electrons. The van der Waals surface area contributed by atoms with Crippen molar-refractivity contribution >= 4 is 5.91 Å². The van der Waals surface area contributed by atoms with Gasteiger partial charge in [0.25, 0.3) is 0 Å². The molecule has 1 atom stereocenters. The molecule has 5 nitrogen and oxygen atoms in total. The molecule has 5 heteroatoms. The van der Waals surface area contributed by atoms with E-state index in [1.807, 2.05) is 17.0 Å². The van der Waals surface area contributed by atoms with Crippen LogP contribution in [0.2, 0.25) is 0 Å². The summed E-state index contributed by atoms with van der Waals surface area (Å²) in [5.74, 6) is 1.48. The topological polar surface area (TPSA) is 64.8 Å². The highest BCUT2D eigenvalue weighted by Crippen LogP contribution is 2.32. The summed E-state index contributed by atoms with van der Waals surface area (Å²) in [6.45, 7) is 3.12. The lowest BCUT2D eigenvalue weighted by Gasteiger charge is -2.22. The lowest BCUT2D eigenvalue weighted by Crippen LogP contribution is -2.43. The minimum Gasteiger partial charge on any atom is -0.493 e. The first kappa shape index (κ1) is 14.7. The van der Waals surface area contributed by atoms with Crippen LogP contribution in [0.1, 0.15) is 18.1 Å². The van der Waals surface area contributed by atoms with Gasteiger partial charge in [-0.25, -0.2) is 0 Å². The first-order valence-electron chi connectivity index (χ1n) is 6.85. The number of ether oxygens (including phenoxy) is 2.